The number of alkyl carbamates (subject to hydrolysis) is 1. The fraction of sp³-hybridized carbons (Fsp3) is 0.676. The zero-order valence-corrected chi connectivity index (χ0v) is 26.6. The summed E-state index contributed by atoms with van der Waals surface area (Å²) in [5.74, 6) is 1.67. The highest BCUT2D eigenvalue weighted by molar-refractivity contribution is 5.89. The van der Waals surface area contributed by atoms with Crippen LogP contribution in [0.25, 0.3) is 11.0 Å². The highest BCUT2D eigenvalue weighted by atomic mass is 16.6. The topological polar surface area (TPSA) is 120 Å². The smallest absolute Gasteiger partial charge is 0.408 e. The van der Waals surface area contributed by atoms with E-state index < -0.39 is 29.7 Å². The third-order valence-electron chi connectivity index (χ3n) is 10.3. The summed E-state index contributed by atoms with van der Waals surface area (Å²) in [6.07, 6.45) is 7.38. The molecule has 238 valence electrons. The third-order valence-corrected chi connectivity index (χ3v) is 10.3. The normalized spacial score (nSPS) is 32.7. The zero-order valence-electron chi connectivity index (χ0n) is 26.6. The van der Waals surface area contributed by atoms with Gasteiger partial charge in [0.05, 0.1) is 30.7 Å². The zero-order chi connectivity index (χ0) is 31.2. The highest BCUT2D eigenvalue weighted by Crippen LogP contribution is 2.53. The Morgan fingerprint density at radius 2 is 1.77 bits per heavy atom. The second-order valence-corrected chi connectivity index (χ2v) is 14.2. The lowest BCUT2D eigenvalue weighted by molar-refractivity contribution is -0.139. The van der Waals surface area contributed by atoms with Crippen molar-refractivity contribution in [2.24, 2.45) is 23.2 Å². The van der Waals surface area contributed by atoms with Crippen LogP contribution in [0.2, 0.25) is 0 Å². The van der Waals surface area contributed by atoms with Gasteiger partial charge < -0.3 is 29.2 Å². The summed E-state index contributed by atoms with van der Waals surface area (Å²) in [5, 5.41) is 2.90. The van der Waals surface area contributed by atoms with Gasteiger partial charge >= 0.3 is 6.09 Å². The maximum absolute atomic E-state index is 14.2. The van der Waals surface area contributed by atoms with E-state index in [-0.39, 0.29) is 30.4 Å². The fourth-order valence-electron chi connectivity index (χ4n) is 7.71. The first kappa shape index (κ1) is 30.6. The lowest BCUT2D eigenvalue weighted by atomic mass is 9.85. The quantitative estimate of drug-likeness (QED) is 0.460. The molecule has 44 heavy (non-hydrogen) atoms. The first-order chi connectivity index (χ1) is 21.1. The molecule has 10 nitrogen and oxygen atoms in total. The third kappa shape index (κ3) is 5.96. The first-order valence-electron chi connectivity index (χ1n) is 16.4. The van der Waals surface area contributed by atoms with Gasteiger partial charge in [-0.3, -0.25) is 4.79 Å². The molecule has 2 saturated carbocycles. The number of aromatic nitrogens is 2. The van der Waals surface area contributed by atoms with E-state index in [1.807, 2.05) is 45.9 Å². The molecule has 0 radical (unpaired) electrons. The monoisotopic (exact) mass is 606 g/mol. The maximum Gasteiger partial charge on any atom is 0.408 e. The molecule has 4 aliphatic rings. The summed E-state index contributed by atoms with van der Waals surface area (Å²) in [4.78, 5) is 51.6. The van der Waals surface area contributed by atoms with E-state index in [9.17, 15) is 14.4 Å². The van der Waals surface area contributed by atoms with Crippen molar-refractivity contribution in [2.45, 2.75) is 109 Å². The van der Waals surface area contributed by atoms with Crippen molar-refractivity contribution in [1.29, 1.82) is 0 Å². The van der Waals surface area contributed by atoms with E-state index >= 15 is 0 Å². The summed E-state index contributed by atoms with van der Waals surface area (Å²) in [6, 6.07) is 4.12. The van der Waals surface area contributed by atoms with Gasteiger partial charge in [-0.25, -0.2) is 14.8 Å². The number of carbonyl (C=O) groups is 3. The Morgan fingerprint density at radius 3 is 2.48 bits per heavy atom. The van der Waals surface area contributed by atoms with Crippen molar-refractivity contribution in [3.8, 4) is 11.6 Å². The van der Waals surface area contributed by atoms with Gasteiger partial charge in [0.1, 0.15) is 36.0 Å². The molecule has 8 atom stereocenters. The lowest BCUT2D eigenvalue weighted by Crippen LogP contribution is -2.56. The van der Waals surface area contributed by atoms with Crippen molar-refractivity contribution >= 4 is 29.3 Å². The van der Waals surface area contributed by atoms with Crippen LogP contribution in [0.5, 0.6) is 11.6 Å². The number of fused-ring (bicyclic) bond motifs is 7. The molecule has 2 aliphatic heterocycles. The molecule has 1 aromatic heterocycles. The van der Waals surface area contributed by atoms with Crippen molar-refractivity contribution in [2.75, 3.05) is 13.7 Å². The van der Waals surface area contributed by atoms with Crippen LogP contribution in [0.4, 0.5) is 4.79 Å². The van der Waals surface area contributed by atoms with E-state index in [4.69, 9.17) is 24.2 Å². The molecule has 2 aliphatic carbocycles. The summed E-state index contributed by atoms with van der Waals surface area (Å²) in [6.45, 7) is 7.95. The Morgan fingerprint density at radius 1 is 1.02 bits per heavy atom. The SMILES string of the molecule is CC[C@@H]1[C@@H]2CN(C(=O)[C@H](C(C)(C)C)NC(=O)O[C@@H]3CCC[C@H]3CCCC3CC3c3nc4ccc(OC)cc4nc3O2)[C@@H]1C=O. The molecule has 6 rings (SSSR count). The standard InChI is InChI=1S/C34H46N4O6/c1-6-22-26(18-39)38-17-28(22)43-31-29(35-24-14-13-21(42-5)16-25(24)36-31)23-15-20(23)11-7-9-19-10-8-12-27(19)44-33(41)37-30(32(38)40)34(2,3)4/h13-14,16,18-20,22-23,26-28,30H,6-12,15,17H2,1-5H3,(H,37,41)/t19-,20?,22+,23?,26-,27-,28+,30-/m1/s1. The Labute approximate surface area is 259 Å². The molecule has 1 N–H and O–H groups in total. The second-order valence-electron chi connectivity index (χ2n) is 14.2. The van der Waals surface area contributed by atoms with Crippen LogP contribution in [0.3, 0.4) is 0 Å². The molecular formula is C34H46N4O6. The number of benzene rings is 1. The highest BCUT2D eigenvalue weighted by Gasteiger charge is 2.49. The minimum absolute atomic E-state index is 0.147. The average molecular weight is 607 g/mol. The molecule has 2 bridgehead atoms. The number of nitrogens with zero attached hydrogens (tertiary/aromatic N) is 3. The van der Waals surface area contributed by atoms with Crippen molar-refractivity contribution < 1.29 is 28.6 Å². The van der Waals surface area contributed by atoms with Crippen LogP contribution < -0.4 is 14.8 Å². The maximum atomic E-state index is 14.2. The second kappa shape index (κ2) is 12.2. The predicted octanol–water partition coefficient (Wildman–Crippen LogP) is 5.42. The van der Waals surface area contributed by atoms with Crippen molar-refractivity contribution in [3.05, 3.63) is 23.9 Å². The number of hydrogen-bond acceptors (Lipinski definition) is 8. The van der Waals surface area contributed by atoms with E-state index in [1.54, 1.807) is 12.0 Å². The largest absolute Gasteiger partial charge is 0.497 e. The van der Waals surface area contributed by atoms with Gasteiger partial charge in [-0.2, -0.15) is 0 Å². The summed E-state index contributed by atoms with van der Waals surface area (Å²) in [5.41, 5.74) is 1.71. The van der Waals surface area contributed by atoms with Gasteiger partial charge in [0.2, 0.25) is 11.8 Å². The molecule has 2 aromatic rings. The molecule has 1 aromatic carbocycles. The Kier molecular flexibility index (Phi) is 8.46. The molecule has 2 amide bonds. The molecule has 1 saturated heterocycles. The molecule has 2 unspecified atom stereocenters. The van der Waals surface area contributed by atoms with Crippen molar-refractivity contribution in [1.82, 2.24) is 20.2 Å². The average Bonchev–Trinajstić information content (AvgIpc) is 3.47. The van der Waals surface area contributed by atoms with E-state index in [1.165, 1.54) is 0 Å². The Balaban J connectivity index is 1.39. The van der Waals surface area contributed by atoms with Crippen LogP contribution in [-0.2, 0) is 14.3 Å². The minimum Gasteiger partial charge on any atom is -0.497 e. The number of amides is 2. The fourth-order valence-corrected chi connectivity index (χ4v) is 7.71. The van der Waals surface area contributed by atoms with Crippen LogP contribution >= 0.6 is 0 Å². The van der Waals surface area contributed by atoms with Gasteiger partial charge in [0, 0.05) is 17.9 Å². The van der Waals surface area contributed by atoms with E-state index in [2.05, 4.69) is 5.32 Å². The Hall–Kier alpha value is -3.43. The number of aldehydes is 1. The van der Waals surface area contributed by atoms with Gasteiger partial charge in [-0.05, 0) is 74.3 Å². The first-order valence-corrected chi connectivity index (χ1v) is 16.4. The number of methoxy groups -OCH3 is 1. The summed E-state index contributed by atoms with van der Waals surface area (Å²) < 4.78 is 18.1. The van der Waals surface area contributed by atoms with Gasteiger partial charge in [-0.15, -0.1) is 0 Å². The van der Waals surface area contributed by atoms with Crippen molar-refractivity contribution in [3.63, 3.8) is 0 Å². The lowest BCUT2D eigenvalue weighted by Gasteiger charge is -2.35. The summed E-state index contributed by atoms with van der Waals surface area (Å²) in [7, 11) is 1.62. The number of carbonyl (C=O) groups excluding carboxylic acids is 3. The van der Waals surface area contributed by atoms with Crippen LogP contribution in [-0.4, -0.2) is 71.1 Å². The van der Waals surface area contributed by atoms with Crippen LogP contribution in [0, 0.1) is 23.2 Å². The van der Waals surface area contributed by atoms with Crippen LogP contribution in [0.15, 0.2) is 18.2 Å². The molecule has 10 heteroatoms. The number of ether oxygens (including phenoxy) is 3. The molecule has 0 spiro atoms. The number of hydrogen-bond donors (Lipinski definition) is 1. The summed E-state index contributed by atoms with van der Waals surface area (Å²) >= 11 is 0. The number of nitrogens with one attached hydrogen (secondary N) is 1. The predicted molar refractivity (Wildman–Crippen MR) is 165 cm³/mol. The molecule has 3 heterocycles. The number of rotatable bonds is 3. The molecular weight excluding hydrogens is 560 g/mol. The van der Waals surface area contributed by atoms with E-state index in [0.717, 1.165) is 62.4 Å². The van der Waals surface area contributed by atoms with E-state index in [0.29, 0.717) is 35.4 Å². The van der Waals surface area contributed by atoms with Gasteiger partial charge in [0.15, 0.2) is 0 Å². The van der Waals surface area contributed by atoms with Gasteiger partial charge in [0.25, 0.3) is 0 Å². The van der Waals surface area contributed by atoms with Crippen LogP contribution in [0.1, 0.15) is 90.7 Å². The minimum atomic E-state index is -0.872. The Bertz CT molecular complexity index is 1410. The molecule has 3 fully saturated rings. The van der Waals surface area contributed by atoms with Gasteiger partial charge in [-0.1, -0.05) is 34.1 Å².